The van der Waals surface area contributed by atoms with Crippen LogP contribution in [0.1, 0.15) is 27.0 Å². The number of carbonyl (C=O) groups is 2. The van der Waals surface area contributed by atoms with Gasteiger partial charge in [0.05, 0.1) is 11.3 Å². The van der Waals surface area contributed by atoms with E-state index >= 15 is 0 Å². The van der Waals surface area contributed by atoms with Crippen molar-refractivity contribution in [3.05, 3.63) is 95.8 Å². The van der Waals surface area contributed by atoms with Crippen molar-refractivity contribution >= 4 is 71.4 Å². The number of amides is 1. The number of nitrogens with zero attached hydrogens (tertiary/aromatic N) is 1. The van der Waals surface area contributed by atoms with Gasteiger partial charge < -0.3 is 10.1 Å². The van der Waals surface area contributed by atoms with E-state index in [1.54, 1.807) is 30.3 Å². The van der Waals surface area contributed by atoms with E-state index in [1.807, 2.05) is 44.2 Å². The molecular weight excluding hydrogens is 616 g/mol. The van der Waals surface area contributed by atoms with Crippen LogP contribution >= 0.6 is 47.8 Å². The van der Waals surface area contributed by atoms with Gasteiger partial charge in [-0.3, -0.25) is 4.79 Å². The maximum Gasteiger partial charge on any atom is 0.343 e. The second-order valence-electron chi connectivity index (χ2n) is 7.17. The van der Waals surface area contributed by atoms with E-state index in [1.165, 1.54) is 6.08 Å². The fraction of sp³-hybridized carbons (Fsp3) is 0.0800. The Bertz CT molecular complexity index is 1290. The molecule has 0 fully saturated rings. The third-order valence-electron chi connectivity index (χ3n) is 4.55. The lowest BCUT2D eigenvalue weighted by molar-refractivity contribution is -0.112. The molecule has 1 N–H and O–H groups in total. The quantitative estimate of drug-likeness (QED) is 0.138. The van der Waals surface area contributed by atoms with Gasteiger partial charge in [0.15, 0.2) is 0 Å². The SMILES string of the molecule is Cc1ccc(C(=O)Oc2ccc(Br)cc2/C=C(\C#N)C(=O)Nc2c(Br)cc(C)cc2Br)cc1. The van der Waals surface area contributed by atoms with Crippen molar-refractivity contribution in [3.8, 4) is 11.8 Å². The third kappa shape index (κ3) is 6.41. The van der Waals surface area contributed by atoms with Crippen LogP contribution in [0.2, 0.25) is 0 Å². The molecule has 0 bridgehead atoms. The van der Waals surface area contributed by atoms with Crippen LogP contribution in [0.4, 0.5) is 5.69 Å². The Morgan fingerprint density at radius 3 is 2.18 bits per heavy atom. The number of anilines is 1. The predicted molar refractivity (Wildman–Crippen MR) is 139 cm³/mol. The van der Waals surface area contributed by atoms with Crippen molar-refractivity contribution in [2.24, 2.45) is 0 Å². The molecule has 0 spiro atoms. The van der Waals surface area contributed by atoms with Crippen molar-refractivity contribution in [2.75, 3.05) is 5.32 Å². The summed E-state index contributed by atoms with van der Waals surface area (Å²) in [5.41, 5.74) is 3.17. The maximum absolute atomic E-state index is 12.8. The summed E-state index contributed by atoms with van der Waals surface area (Å²) in [6.07, 6.45) is 1.38. The van der Waals surface area contributed by atoms with E-state index in [0.29, 0.717) is 30.2 Å². The van der Waals surface area contributed by atoms with Crippen LogP contribution < -0.4 is 10.1 Å². The molecule has 3 aromatic rings. The van der Waals surface area contributed by atoms with Gasteiger partial charge in [-0.25, -0.2) is 4.79 Å². The van der Waals surface area contributed by atoms with Gasteiger partial charge in [0.2, 0.25) is 0 Å². The topological polar surface area (TPSA) is 79.2 Å². The van der Waals surface area contributed by atoms with Crippen LogP contribution in [-0.4, -0.2) is 11.9 Å². The maximum atomic E-state index is 12.8. The molecule has 0 radical (unpaired) electrons. The van der Waals surface area contributed by atoms with E-state index in [4.69, 9.17) is 4.74 Å². The van der Waals surface area contributed by atoms with E-state index in [9.17, 15) is 14.9 Å². The molecule has 0 aliphatic carbocycles. The van der Waals surface area contributed by atoms with Crippen LogP contribution in [0.15, 0.2) is 73.6 Å². The molecule has 5 nitrogen and oxygen atoms in total. The molecule has 0 unspecified atom stereocenters. The van der Waals surface area contributed by atoms with Gasteiger partial charge >= 0.3 is 5.97 Å². The lowest BCUT2D eigenvalue weighted by atomic mass is 10.1. The van der Waals surface area contributed by atoms with Crippen molar-refractivity contribution < 1.29 is 14.3 Å². The Balaban J connectivity index is 1.91. The van der Waals surface area contributed by atoms with Crippen molar-refractivity contribution in [2.45, 2.75) is 13.8 Å². The number of aryl methyl sites for hydroxylation is 2. The van der Waals surface area contributed by atoms with Gasteiger partial charge in [-0.1, -0.05) is 33.6 Å². The highest BCUT2D eigenvalue weighted by molar-refractivity contribution is 9.11. The number of nitriles is 1. The van der Waals surface area contributed by atoms with Gasteiger partial charge in [-0.2, -0.15) is 5.26 Å². The van der Waals surface area contributed by atoms with E-state index < -0.39 is 11.9 Å². The largest absolute Gasteiger partial charge is 0.422 e. The van der Waals surface area contributed by atoms with Gasteiger partial charge in [0.1, 0.15) is 17.4 Å². The first-order valence-corrected chi connectivity index (χ1v) is 12.0. The first-order chi connectivity index (χ1) is 15.7. The average Bonchev–Trinajstić information content (AvgIpc) is 2.76. The molecule has 0 aliphatic heterocycles. The van der Waals surface area contributed by atoms with Crippen molar-refractivity contribution in [1.82, 2.24) is 0 Å². The highest BCUT2D eigenvalue weighted by Crippen LogP contribution is 2.33. The summed E-state index contributed by atoms with van der Waals surface area (Å²) in [4.78, 5) is 25.4. The van der Waals surface area contributed by atoms with Gasteiger partial charge in [0, 0.05) is 19.0 Å². The number of hydrogen-bond donors (Lipinski definition) is 1. The molecular formula is C25H17Br3N2O3. The molecule has 0 aliphatic rings. The minimum Gasteiger partial charge on any atom is -0.422 e. The molecule has 0 aromatic heterocycles. The number of carbonyl (C=O) groups excluding carboxylic acids is 2. The van der Waals surface area contributed by atoms with Crippen LogP contribution in [0.25, 0.3) is 6.08 Å². The zero-order valence-corrected chi connectivity index (χ0v) is 22.3. The number of nitrogens with one attached hydrogen (secondary N) is 1. The summed E-state index contributed by atoms with van der Waals surface area (Å²) in [7, 11) is 0. The summed E-state index contributed by atoms with van der Waals surface area (Å²) < 4.78 is 7.61. The molecule has 0 atom stereocenters. The molecule has 0 heterocycles. The lowest BCUT2D eigenvalue weighted by Crippen LogP contribution is -2.14. The third-order valence-corrected chi connectivity index (χ3v) is 6.30. The Morgan fingerprint density at radius 2 is 1.58 bits per heavy atom. The number of hydrogen-bond acceptors (Lipinski definition) is 4. The number of halogens is 3. The average molecular weight is 633 g/mol. The van der Waals surface area contributed by atoms with E-state index in [0.717, 1.165) is 11.1 Å². The first kappa shape index (κ1) is 24.9. The van der Waals surface area contributed by atoms with E-state index in [-0.39, 0.29) is 11.3 Å². The fourth-order valence-corrected chi connectivity index (χ4v) is 4.87. The van der Waals surface area contributed by atoms with Crippen molar-refractivity contribution in [1.29, 1.82) is 5.26 Å². The first-order valence-electron chi connectivity index (χ1n) is 9.65. The normalized spacial score (nSPS) is 11.0. The van der Waals surface area contributed by atoms with Crippen LogP contribution in [0.5, 0.6) is 5.75 Å². The molecule has 0 saturated carbocycles. The van der Waals surface area contributed by atoms with Crippen LogP contribution in [0.3, 0.4) is 0 Å². The van der Waals surface area contributed by atoms with Crippen molar-refractivity contribution in [3.63, 3.8) is 0 Å². The molecule has 8 heteroatoms. The highest BCUT2D eigenvalue weighted by atomic mass is 79.9. The molecule has 0 saturated heterocycles. The van der Waals surface area contributed by atoms with Crippen LogP contribution in [0, 0.1) is 25.2 Å². The van der Waals surface area contributed by atoms with Crippen LogP contribution in [-0.2, 0) is 4.79 Å². The predicted octanol–water partition coefficient (Wildman–Crippen LogP) is 7.36. The molecule has 33 heavy (non-hydrogen) atoms. The smallest absolute Gasteiger partial charge is 0.343 e. The van der Waals surface area contributed by atoms with E-state index in [2.05, 4.69) is 53.1 Å². The highest BCUT2D eigenvalue weighted by Gasteiger charge is 2.17. The summed E-state index contributed by atoms with van der Waals surface area (Å²) in [6.45, 7) is 3.85. The minimum atomic E-state index is -0.599. The summed E-state index contributed by atoms with van der Waals surface area (Å²) in [5, 5.41) is 12.4. The standard InChI is InChI=1S/C25H17Br3N2O3/c1-14-3-5-16(6-4-14)25(32)33-22-8-7-19(26)12-17(22)11-18(13-29)24(31)30-23-20(27)9-15(2)10-21(23)28/h3-12H,1-2H3,(H,30,31)/b18-11+. The minimum absolute atomic E-state index is 0.153. The zero-order valence-electron chi connectivity index (χ0n) is 17.6. The number of rotatable bonds is 5. The summed E-state index contributed by atoms with van der Waals surface area (Å²) >= 11 is 10.2. The molecule has 166 valence electrons. The second kappa shape index (κ2) is 10.9. The number of esters is 1. The summed E-state index contributed by atoms with van der Waals surface area (Å²) in [6, 6.07) is 17.6. The van der Waals surface area contributed by atoms with Gasteiger partial charge in [-0.05, 0) is 99.8 Å². The Labute approximate surface area is 216 Å². The van der Waals surface area contributed by atoms with Gasteiger partial charge in [0.25, 0.3) is 5.91 Å². The Kier molecular flexibility index (Phi) is 8.25. The fourth-order valence-electron chi connectivity index (χ4n) is 2.88. The Hall–Kier alpha value is -2.73. The molecule has 3 rings (SSSR count). The number of benzene rings is 3. The second-order valence-corrected chi connectivity index (χ2v) is 9.79. The molecule has 1 amide bonds. The summed E-state index contributed by atoms with van der Waals surface area (Å²) in [5.74, 6) is -0.914. The lowest BCUT2D eigenvalue weighted by Gasteiger charge is -2.11. The monoisotopic (exact) mass is 630 g/mol. The Morgan fingerprint density at radius 1 is 0.939 bits per heavy atom. The molecule has 3 aromatic carbocycles. The zero-order chi connectivity index (χ0) is 24.1. The van der Waals surface area contributed by atoms with Gasteiger partial charge in [-0.15, -0.1) is 0 Å². The number of ether oxygens (including phenoxy) is 1.